The number of nitrogens with zero attached hydrogens (tertiary/aromatic N) is 1. The third kappa shape index (κ3) is 3.74. The summed E-state index contributed by atoms with van der Waals surface area (Å²) in [6.07, 6.45) is 5.43. The van der Waals surface area contributed by atoms with E-state index >= 15 is 0 Å². The molecule has 0 bridgehead atoms. The lowest BCUT2D eigenvalue weighted by molar-refractivity contribution is 0.102. The van der Waals surface area contributed by atoms with Crippen LogP contribution in [-0.2, 0) is 10.8 Å². The molecule has 0 aromatic heterocycles. The van der Waals surface area contributed by atoms with Crippen LogP contribution in [0.3, 0.4) is 0 Å². The van der Waals surface area contributed by atoms with E-state index in [4.69, 9.17) is 5.26 Å². The van der Waals surface area contributed by atoms with Gasteiger partial charge < -0.3 is 0 Å². The second-order valence-electron chi connectivity index (χ2n) is 4.90. The SMILES string of the molecule is N#Cc1ccc(C(=O)CS(=O)C2CCCCC2)cc1. The predicted octanol–water partition coefficient (Wildman–Crippen LogP) is 2.82. The van der Waals surface area contributed by atoms with Crippen LogP contribution in [0.4, 0.5) is 0 Å². The van der Waals surface area contributed by atoms with Gasteiger partial charge in [-0.15, -0.1) is 0 Å². The summed E-state index contributed by atoms with van der Waals surface area (Å²) in [5.41, 5.74) is 1.08. The fourth-order valence-corrected chi connectivity index (χ4v) is 3.91. The number of Topliss-reactive ketones (excluding diaryl/α,β-unsaturated/α-hetero) is 1. The second kappa shape index (κ2) is 6.63. The number of benzene rings is 1. The van der Waals surface area contributed by atoms with E-state index in [0.29, 0.717) is 11.1 Å². The highest BCUT2D eigenvalue weighted by molar-refractivity contribution is 7.86. The molecule has 0 amide bonds. The van der Waals surface area contributed by atoms with Crippen LogP contribution in [0.2, 0.25) is 0 Å². The zero-order chi connectivity index (χ0) is 13.7. The molecule has 0 spiro atoms. The Labute approximate surface area is 116 Å². The third-order valence-corrected chi connectivity index (χ3v) is 5.29. The quantitative estimate of drug-likeness (QED) is 0.794. The van der Waals surface area contributed by atoms with E-state index in [1.54, 1.807) is 24.3 Å². The van der Waals surface area contributed by atoms with Crippen molar-refractivity contribution in [2.75, 3.05) is 5.75 Å². The summed E-state index contributed by atoms with van der Waals surface area (Å²) in [6.45, 7) is 0. The summed E-state index contributed by atoms with van der Waals surface area (Å²) in [7, 11) is -1.06. The average Bonchev–Trinajstić information content (AvgIpc) is 2.48. The molecule has 0 radical (unpaired) electrons. The minimum atomic E-state index is -1.06. The molecule has 1 aromatic carbocycles. The van der Waals surface area contributed by atoms with E-state index < -0.39 is 10.8 Å². The van der Waals surface area contributed by atoms with E-state index in [2.05, 4.69) is 0 Å². The van der Waals surface area contributed by atoms with Crippen molar-refractivity contribution in [2.24, 2.45) is 0 Å². The van der Waals surface area contributed by atoms with Gasteiger partial charge in [-0.3, -0.25) is 9.00 Å². The molecule has 1 fully saturated rings. The van der Waals surface area contributed by atoms with Gasteiger partial charge in [-0.25, -0.2) is 0 Å². The predicted molar refractivity (Wildman–Crippen MR) is 75.4 cm³/mol. The molecule has 0 saturated heterocycles. The lowest BCUT2D eigenvalue weighted by Gasteiger charge is -2.20. The maximum absolute atomic E-state index is 12.1. The first-order valence-corrected chi connectivity index (χ1v) is 7.99. The molecule has 19 heavy (non-hydrogen) atoms. The van der Waals surface area contributed by atoms with Crippen molar-refractivity contribution < 1.29 is 9.00 Å². The Morgan fingerprint density at radius 3 is 2.42 bits per heavy atom. The van der Waals surface area contributed by atoms with Crippen molar-refractivity contribution in [3.8, 4) is 6.07 Å². The first-order chi connectivity index (χ1) is 9.20. The monoisotopic (exact) mass is 275 g/mol. The van der Waals surface area contributed by atoms with E-state index in [0.717, 1.165) is 25.7 Å². The van der Waals surface area contributed by atoms with Gasteiger partial charge in [0.25, 0.3) is 0 Å². The summed E-state index contributed by atoms with van der Waals surface area (Å²) in [6, 6.07) is 8.53. The summed E-state index contributed by atoms with van der Waals surface area (Å²) in [5, 5.41) is 8.89. The largest absolute Gasteiger partial charge is 0.293 e. The highest BCUT2D eigenvalue weighted by Gasteiger charge is 2.22. The van der Waals surface area contributed by atoms with Gasteiger partial charge in [0.2, 0.25) is 0 Å². The number of hydrogen-bond acceptors (Lipinski definition) is 3. The van der Waals surface area contributed by atoms with Crippen LogP contribution in [0.25, 0.3) is 0 Å². The fourth-order valence-electron chi connectivity index (χ4n) is 2.39. The summed E-state index contributed by atoms with van der Waals surface area (Å²) >= 11 is 0. The Bertz CT molecular complexity index is 510. The summed E-state index contributed by atoms with van der Waals surface area (Å²) in [5.74, 6) is 0.0183. The zero-order valence-corrected chi connectivity index (χ0v) is 11.6. The van der Waals surface area contributed by atoms with Crippen LogP contribution in [0, 0.1) is 11.3 Å². The minimum absolute atomic E-state index is 0.0894. The number of nitriles is 1. The minimum Gasteiger partial charge on any atom is -0.293 e. The number of hydrogen-bond donors (Lipinski definition) is 0. The molecule has 100 valence electrons. The van der Waals surface area contributed by atoms with Crippen LogP contribution in [-0.4, -0.2) is 21.0 Å². The molecule has 3 nitrogen and oxygen atoms in total. The van der Waals surface area contributed by atoms with Gasteiger partial charge in [-0.1, -0.05) is 31.4 Å². The van der Waals surface area contributed by atoms with Crippen LogP contribution in [0.1, 0.15) is 48.0 Å². The van der Waals surface area contributed by atoms with Gasteiger partial charge in [-0.05, 0) is 25.0 Å². The number of carbonyl (C=O) groups is 1. The normalized spacial score (nSPS) is 17.6. The van der Waals surface area contributed by atoms with E-state index in [9.17, 15) is 9.00 Å². The molecule has 0 heterocycles. The second-order valence-corrected chi connectivity index (χ2v) is 6.61. The molecule has 2 rings (SSSR count). The van der Waals surface area contributed by atoms with Crippen molar-refractivity contribution in [1.82, 2.24) is 0 Å². The maximum atomic E-state index is 12.1. The van der Waals surface area contributed by atoms with Gasteiger partial charge in [-0.2, -0.15) is 5.26 Å². The molecular formula is C15H17NO2S. The van der Waals surface area contributed by atoms with Gasteiger partial charge in [0.1, 0.15) is 0 Å². The lowest BCUT2D eigenvalue weighted by Crippen LogP contribution is -2.24. The van der Waals surface area contributed by atoms with Gasteiger partial charge in [0.15, 0.2) is 5.78 Å². The zero-order valence-electron chi connectivity index (χ0n) is 10.8. The van der Waals surface area contributed by atoms with Crippen LogP contribution >= 0.6 is 0 Å². The van der Waals surface area contributed by atoms with E-state index in [-0.39, 0.29) is 16.8 Å². The van der Waals surface area contributed by atoms with Crippen molar-refractivity contribution in [3.63, 3.8) is 0 Å². The first kappa shape index (κ1) is 14.0. The molecule has 1 aromatic rings. The Balaban J connectivity index is 1.96. The van der Waals surface area contributed by atoms with E-state index in [1.165, 1.54) is 6.42 Å². The Morgan fingerprint density at radius 1 is 1.21 bits per heavy atom. The van der Waals surface area contributed by atoms with Crippen LogP contribution < -0.4 is 0 Å². The van der Waals surface area contributed by atoms with Gasteiger partial charge in [0.05, 0.1) is 17.4 Å². The molecule has 1 saturated carbocycles. The Hall–Kier alpha value is -1.47. The Kier molecular flexibility index (Phi) is 4.86. The molecule has 0 aliphatic heterocycles. The van der Waals surface area contributed by atoms with Crippen molar-refractivity contribution >= 4 is 16.6 Å². The lowest BCUT2D eigenvalue weighted by atomic mass is 10.0. The van der Waals surface area contributed by atoms with Crippen molar-refractivity contribution in [3.05, 3.63) is 35.4 Å². The van der Waals surface area contributed by atoms with E-state index in [1.807, 2.05) is 6.07 Å². The van der Waals surface area contributed by atoms with Crippen LogP contribution in [0.15, 0.2) is 24.3 Å². The van der Waals surface area contributed by atoms with Gasteiger partial charge in [0, 0.05) is 21.6 Å². The third-order valence-electron chi connectivity index (χ3n) is 3.53. The highest BCUT2D eigenvalue weighted by atomic mass is 32.2. The smallest absolute Gasteiger partial charge is 0.175 e. The first-order valence-electron chi connectivity index (χ1n) is 6.61. The topological polar surface area (TPSA) is 57.9 Å². The molecule has 4 heteroatoms. The average molecular weight is 275 g/mol. The summed E-state index contributed by atoms with van der Waals surface area (Å²) < 4.78 is 12.1. The molecule has 1 aliphatic rings. The molecule has 1 atom stereocenters. The number of carbonyl (C=O) groups excluding carboxylic acids is 1. The van der Waals surface area contributed by atoms with Gasteiger partial charge >= 0.3 is 0 Å². The van der Waals surface area contributed by atoms with Crippen molar-refractivity contribution in [2.45, 2.75) is 37.4 Å². The summed E-state index contributed by atoms with van der Waals surface area (Å²) in [4.78, 5) is 12.0. The van der Waals surface area contributed by atoms with Crippen molar-refractivity contribution in [1.29, 1.82) is 5.26 Å². The Morgan fingerprint density at radius 2 is 1.84 bits per heavy atom. The highest BCUT2D eigenvalue weighted by Crippen LogP contribution is 2.22. The molecule has 1 unspecified atom stereocenters. The fraction of sp³-hybridized carbons (Fsp3) is 0.467. The number of ketones is 1. The maximum Gasteiger partial charge on any atom is 0.175 e. The number of rotatable bonds is 4. The standard InChI is InChI=1S/C15H17NO2S/c16-10-12-6-8-13(9-7-12)15(17)11-19(18)14-4-2-1-3-5-14/h6-9,14H,1-5,11H2. The van der Waals surface area contributed by atoms with Crippen LogP contribution in [0.5, 0.6) is 0 Å². The molecular weight excluding hydrogens is 258 g/mol. The molecule has 1 aliphatic carbocycles. The molecule has 0 N–H and O–H groups in total.